The van der Waals surface area contributed by atoms with Crippen molar-refractivity contribution in [3.05, 3.63) is 28.6 Å². The van der Waals surface area contributed by atoms with Gasteiger partial charge in [-0.25, -0.2) is 4.39 Å². The number of nitrogen functional groups attached to an aromatic ring is 1. The van der Waals surface area contributed by atoms with Crippen molar-refractivity contribution in [1.29, 1.82) is 5.26 Å². The molecule has 0 saturated heterocycles. The van der Waals surface area contributed by atoms with E-state index >= 15 is 0 Å². The molecule has 0 fully saturated rings. The van der Waals surface area contributed by atoms with Crippen LogP contribution in [0.1, 0.15) is 34.3 Å². The molecule has 2 N–H and O–H groups in total. The molecule has 0 aliphatic heterocycles. The van der Waals surface area contributed by atoms with E-state index in [4.69, 9.17) is 11.0 Å². The van der Waals surface area contributed by atoms with Crippen molar-refractivity contribution >= 4 is 11.5 Å². The molecule has 1 aromatic rings. The average Bonchev–Trinajstić information content (AvgIpc) is 2.21. The molecule has 0 atom stereocenters. The number of nitrogens with zero attached hydrogens (tertiary/aromatic N) is 1. The van der Waals surface area contributed by atoms with E-state index in [9.17, 15) is 9.18 Å². The number of hydrogen-bond donors (Lipinski definition) is 1. The van der Waals surface area contributed by atoms with Gasteiger partial charge in [0.15, 0.2) is 5.78 Å². The highest BCUT2D eigenvalue weighted by Crippen LogP contribution is 2.29. The average molecular weight is 204 g/mol. The smallest absolute Gasteiger partial charge is 0.164 e. The summed E-state index contributed by atoms with van der Waals surface area (Å²) >= 11 is 0. The SMILES string of the molecule is N#Cc1c(N)c(F)cc2c1C(=O)CCC2. The van der Waals surface area contributed by atoms with Gasteiger partial charge in [-0.15, -0.1) is 0 Å². The second-order valence-electron chi connectivity index (χ2n) is 3.57. The monoisotopic (exact) mass is 204 g/mol. The van der Waals surface area contributed by atoms with Crippen molar-refractivity contribution in [2.24, 2.45) is 0 Å². The van der Waals surface area contributed by atoms with Gasteiger partial charge in [0.1, 0.15) is 11.9 Å². The predicted octanol–water partition coefficient (Wildman–Crippen LogP) is 1.80. The molecule has 2 rings (SSSR count). The Hall–Kier alpha value is -1.89. The summed E-state index contributed by atoms with van der Waals surface area (Å²) in [5.41, 5.74) is 6.14. The summed E-state index contributed by atoms with van der Waals surface area (Å²) in [7, 11) is 0. The first kappa shape index (κ1) is 9.66. The molecule has 0 radical (unpaired) electrons. The summed E-state index contributed by atoms with van der Waals surface area (Å²) in [5, 5.41) is 8.87. The molecule has 3 nitrogen and oxygen atoms in total. The van der Waals surface area contributed by atoms with Gasteiger partial charge in [-0.1, -0.05) is 0 Å². The fourth-order valence-electron chi connectivity index (χ4n) is 1.91. The van der Waals surface area contributed by atoms with Gasteiger partial charge in [0.05, 0.1) is 11.3 Å². The number of carbonyl (C=O) groups is 1. The molecule has 0 saturated carbocycles. The summed E-state index contributed by atoms with van der Waals surface area (Å²) in [6.07, 6.45) is 1.75. The Morgan fingerprint density at radius 3 is 2.87 bits per heavy atom. The van der Waals surface area contributed by atoms with Crippen LogP contribution >= 0.6 is 0 Å². The van der Waals surface area contributed by atoms with Gasteiger partial charge in [-0.2, -0.15) is 5.26 Å². The highest BCUT2D eigenvalue weighted by molar-refractivity contribution is 6.02. The van der Waals surface area contributed by atoms with E-state index in [1.807, 2.05) is 6.07 Å². The minimum atomic E-state index is -0.611. The van der Waals surface area contributed by atoms with Gasteiger partial charge < -0.3 is 5.73 Å². The zero-order valence-electron chi connectivity index (χ0n) is 8.01. The quantitative estimate of drug-likeness (QED) is 0.655. The van der Waals surface area contributed by atoms with Gasteiger partial charge in [-0.05, 0) is 24.5 Å². The molecule has 4 heteroatoms. The number of aryl methyl sites for hydroxylation is 1. The third-order valence-corrected chi connectivity index (χ3v) is 2.64. The molecule has 0 unspecified atom stereocenters. The van der Waals surface area contributed by atoms with Crippen LogP contribution in [0.4, 0.5) is 10.1 Å². The summed E-state index contributed by atoms with van der Waals surface area (Å²) < 4.78 is 13.3. The number of carbonyl (C=O) groups excluding carboxylic acids is 1. The lowest BCUT2D eigenvalue weighted by Crippen LogP contribution is -2.15. The molecule has 15 heavy (non-hydrogen) atoms. The van der Waals surface area contributed by atoms with Crippen LogP contribution < -0.4 is 5.73 Å². The fourth-order valence-corrected chi connectivity index (χ4v) is 1.91. The number of halogens is 1. The summed E-state index contributed by atoms with van der Waals surface area (Å²) in [6.45, 7) is 0. The van der Waals surface area contributed by atoms with Crippen molar-refractivity contribution in [2.45, 2.75) is 19.3 Å². The Morgan fingerprint density at radius 2 is 2.20 bits per heavy atom. The Kier molecular flexibility index (Phi) is 2.16. The maximum Gasteiger partial charge on any atom is 0.164 e. The number of fused-ring (bicyclic) bond motifs is 1. The third-order valence-electron chi connectivity index (χ3n) is 2.64. The van der Waals surface area contributed by atoms with E-state index in [-0.39, 0.29) is 17.0 Å². The first-order valence-electron chi connectivity index (χ1n) is 4.69. The Morgan fingerprint density at radius 1 is 1.47 bits per heavy atom. The number of anilines is 1. The van der Waals surface area contributed by atoms with Crippen LogP contribution in [0.5, 0.6) is 0 Å². The highest BCUT2D eigenvalue weighted by Gasteiger charge is 2.24. The van der Waals surface area contributed by atoms with Gasteiger partial charge >= 0.3 is 0 Å². The predicted molar refractivity (Wildman–Crippen MR) is 52.8 cm³/mol. The largest absolute Gasteiger partial charge is 0.395 e. The van der Waals surface area contributed by atoms with Crippen molar-refractivity contribution in [2.75, 3.05) is 5.73 Å². The van der Waals surface area contributed by atoms with E-state index < -0.39 is 5.82 Å². The highest BCUT2D eigenvalue weighted by atomic mass is 19.1. The minimum Gasteiger partial charge on any atom is -0.395 e. The van der Waals surface area contributed by atoms with Gasteiger partial charge in [-0.3, -0.25) is 4.79 Å². The van der Waals surface area contributed by atoms with Crippen LogP contribution in [-0.2, 0) is 6.42 Å². The molecule has 1 aliphatic carbocycles. The van der Waals surface area contributed by atoms with Crippen LogP contribution in [0.15, 0.2) is 6.07 Å². The van der Waals surface area contributed by atoms with Crippen LogP contribution in [0.25, 0.3) is 0 Å². The molecular weight excluding hydrogens is 195 g/mol. The zero-order valence-corrected chi connectivity index (χ0v) is 8.01. The Balaban J connectivity index is 2.77. The van der Waals surface area contributed by atoms with Gasteiger partial charge in [0.2, 0.25) is 0 Å². The first-order chi connectivity index (χ1) is 7.15. The van der Waals surface area contributed by atoms with Crippen molar-refractivity contribution < 1.29 is 9.18 Å². The molecule has 0 aromatic heterocycles. The molecule has 76 valence electrons. The molecular formula is C11H9FN2O. The van der Waals surface area contributed by atoms with E-state index in [0.717, 1.165) is 0 Å². The van der Waals surface area contributed by atoms with Gasteiger partial charge in [0, 0.05) is 12.0 Å². The molecule has 0 heterocycles. The van der Waals surface area contributed by atoms with Crippen LogP contribution in [-0.4, -0.2) is 5.78 Å². The Labute approximate surface area is 86.3 Å². The lowest BCUT2D eigenvalue weighted by molar-refractivity contribution is 0.0972. The number of benzene rings is 1. The summed E-state index contributed by atoms with van der Waals surface area (Å²) in [5.74, 6) is -0.723. The maximum absolute atomic E-state index is 13.3. The van der Waals surface area contributed by atoms with Gasteiger partial charge in [0.25, 0.3) is 0 Å². The van der Waals surface area contributed by atoms with Crippen LogP contribution in [0.3, 0.4) is 0 Å². The number of hydrogen-bond acceptors (Lipinski definition) is 3. The van der Waals surface area contributed by atoms with Crippen molar-refractivity contribution in [3.63, 3.8) is 0 Å². The Bertz CT molecular complexity index is 488. The molecule has 1 aliphatic rings. The fraction of sp³-hybridized carbons (Fsp3) is 0.273. The van der Waals surface area contributed by atoms with E-state index in [0.29, 0.717) is 30.4 Å². The zero-order chi connectivity index (χ0) is 11.0. The number of nitrogens with two attached hydrogens (primary N) is 1. The molecule has 0 bridgehead atoms. The number of Topliss-reactive ketones (excluding diaryl/α,β-unsaturated/α-hetero) is 1. The van der Waals surface area contributed by atoms with Crippen molar-refractivity contribution in [3.8, 4) is 6.07 Å². The van der Waals surface area contributed by atoms with Crippen molar-refractivity contribution in [1.82, 2.24) is 0 Å². The number of ketones is 1. The normalized spacial score (nSPS) is 14.5. The van der Waals surface area contributed by atoms with E-state index in [2.05, 4.69) is 0 Å². The molecule has 0 spiro atoms. The molecule has 1 aromatic carbocycles. The lowest BCUT2D eigenvalue weighted by Gasteiger charge is -2.17. The minimum absolute atomic E-state index is 0.00491. The lowest BCUT2D eigenvalue weighted by atomic mass is 9.86. The standard InChI is InChI=1S/C11H9FN2O/c12-8-4-6-2-1-3-9(15)10(6)7(5-13)11(8)14/h4H,1-3,14H2. The van der Waals surface area contributed by atoms with Crippen LogP contribution in [0.2, 0.25) is 0 Å². The first-order valence-corrected chi connectivity index (χ1v) is 4.69. The summed E-state index contributed by atoms with van der Waals surface area (Å²) in [4.78, 5) is 11.6. The van der Waals surface area contributed by atoms with E-state index in [1.165, 1.54) is 6.07 Å². The number of rotatable bonds is 0. The molecule has 0 amide bonds. The third kappa shape index (κ3) is 1.37. The summed E-state index contributed by atoms with van der Waals surface area (Å²) in [6, 6.07) is 3.08. The topological polar surface area (TPSA) is 66.9 Å². The number of nitriles is 1. The second-order valence-corrected chi connectivity index (χ2v) is 3.57. The second kappa shape index (κ2) is 3.35. The maximum atomic E-state index is 13.3. The van der Waals surface area contributed by atoms with Crippen LogP contribution in [0, 0.1) is 17.1 Å². The van der Waals surface area contributed by atoms with E-state index in [1.54, 1.807) is 0 Å².